The van der Waals surface area contributed by atoms with E-state index < -0.39 is 16.5 Å². The Hall–Kier alpha value is -0.766. The third-order valence-electron chi connectivity index (χ3n) is 2.84. The Morgan fingerprint density at radius 1 is 0.923 bits per heavy atom. The van der Waals surface area contributed by atoms with Gasteiger partial charge < -0.3 is 9.38 Å². The summed E-state index contributed by atoms with van der Waals surface area (Å²) in [5.74, 6) is 0. The maximum Gasteiger partial charge on any atom is 1.00 e. The Labute approximate surface area is 183 Å². The van der Waals surface area contributed by atoms with E-state index in [1.807, 2.05) is 30.3 Å². The first-order valence-corrected chi connectivity index (χ1v) is 15.3. The first kappa shape index (κ1) is 25.2. The topological polar surface area (TPSA) is 49.1 Å². The zero-order valence-corrected chi connectivity index (χ0v) is 21.4. The fraction of sp³-hybridized carbons (Fsp3) is 0.368. The summed E-state index contributed by atoms with van der Waals surface area (Å²) in [6.07, 6.45) is 8.66. The van der Waals surface area contributed by atoms with Crippen LogP contribution in [-0.4, -0.2) is 33.5 Å². The minimum absolute atomic E-state index is 0. The molecule has 26 heavy (non-hydrogen) atoms. The van der Waals surface area contributed by atoms with Crippen LogP contribution >= 0.6 is 0 Å². The monoisotopic (exact) mass is 395 g/mol. The molecule has 0 atom stereocenters. The van der Waals surface area contributed by atoms with Crippen molar-refractivity contribution in [3.8, 4) is 11.3 Å². The predicted octanol–water partition coefficient (Wildman–Crippen LogP) is 2.79. The summed E-state index contributed by atoms with van der Waals surface area (Å²) in [6, 6.07) is 8.05. The van der Waals surface area contributed by atoms with Gasteiger partial charge in [-0.2, -0.15) is 0 Å². The molecule has 0 aliphatic rings. The first-order chi connectivity index (χ1) is 11.6. The van der Waals surface area contributed by atoms with Gasteiger partial charge in [-0.05, 0) is 11.6 Å². The molecule has 0 aliphatic heterocycles. The van der Waals surface area contributed by atoms with Crippen molar-refractivity contribution >= 4 is 22.5 Å². The number of methoxy groups -OCH3 is 1. The van der Waals surface area contributed by atoms with Gasteiger partial charge in [0, 0.05) is 18.0 Å². The van der Waals surface area contributed by atoms with Crippen LogP contribution in [0.4, 0.5) is 0 Å². The molecule has 0 bridgehead atoms. The molecular weight excluding hydrogens is 365 g/mol. The average Bonchev–Trinajstić information content (AvgIpc) is 2.51. The minimum atomic E-state index is -1.11. The van der Waals surface area contributed by atoms with E-state index in [-0.39, 0.29) is 29.6 Å². The molecule has 0 amide bonds. The van der Waals surface area contributed by atoms with Gasteiger partial charge in [0.2, 0.25) is 0 Å². The van der Waals surface area contributed by atoms with Gasteiger partial charge in [0.1, 0.15) is 0 Å². The Kier molecular flexibility index (Phi) is 11.5. The molecule has 0 unspecified atom stereocenters. The largest absolute Gasteiger partial charge is 1.00 e. The zero-order chi connectivity index (χ0) is 18.9. The van der Waals surface area contributed by atoms with Crippen LogP contribution in [0, 0.1) is 0 Å². The molecule has 0 saturated carbocycles. The zero-order valence-electron chi connectivity index (χ0n) is 17.4. The number of hydrogen-bond donors (Lipinski definition) is 0. The third-order valence-corrected chi connectivity index (χ3v) is 8.20. The molecule has 1 heterocycles. The standard InChI is InChI=1S/C13H12N2O.C6H18NSi2.Na/c1-16-9-6-11-2-4-12(5-3-11)13-10-14-7-8-15-13;1-8(2,3)7-9(4,5)6;/h2-10H,1H3;1-6H3;/q;-1;+1/b9-6+;;. The molecule has 0 aliphatic carbocycles. The van der Waals surface area contributed by atoms with Crippen molar-refractivity contribution in [2.24, 2.45) is 0 Å². The number of hydrogen-bond acceptors (Lipinski definition) is 3. The Bertz CT molecular complexity index is 639. The van der Waals surface area contributed by atoms with E-state index in [0.29, 0.717) is 0 Å². The molecule has 0 radical (unpaired) electrons. The second-order valence-electron chi connectivity index (χ2n) is 7.70. The average molecular weight is 396 g/mol. The summed E-state index contributed by atoms with van der Waals surface area (Å²) < 4.78 is 9.68. The maximum absolute atomic E-state index is 4.86. The molecule has 4 nitrogen and oxygen atoms in total. The molecule has 1 aromatic carbocycles. The van der Waals surface area contributed by atoms with Crippen molar-refractivity contribution in [2.45, 2.75) is 39.3 Å². The van der Waals surface area contributed by atoms with E-state index >= 15 is 0 Å². The smallest absolute Gasteiger partial charge is 0.668 e. The van der Waals surface area contributed by atoms with Crippen molar-refractivity contribution in [3.05, 3.63) is 59.3 Å². The summed E-state index contributed by atoms with van der Waals surface area (Å²) >= 11 is 0. The van der Waals surface area contributed by atoms with Gasteiger partial charge in [-0.25, -0.2) is 0 Å². The molecule has 7 heteroatoms. The van der Waals surface area contributed by atoms with Gasteiger partial charge in [-0.1, -0.05) is 80.0 Å². The molecular formula is C19H30N3NaOSi2. The van der Waals surface area contributed by atoms with Crippen molar-refractivity contribution < 1.29 is 34.3 Å². The molecule has 136 valence electrons. The number of nitrogens with zero attached hydrogens (tertiary/aromatic N) is 3. The van der Waals surface area contributed by atoms with Crippen molar-refractivity contribution in [1.82, 2.24) is 9.97 Å². The number of aromatic nitrogens is 2. The molecule has 0 saturated heterocycles. The molecule has 0 N–H and O–H groups in total. The number of rotatable bonds is 5. The van der Waals surface area contributed by atoms with Gasteiger partial charge in [-0.15, -0.1) is 0 Å². The second-order valence-corrected chi connectivity index (χ2v) is 17.3. The van der Waals surface area contributed by atoms with Crippen LogP contribution in [0.1, 0.15) is 5.56 Å². The van der Waals surface area contributed by atoms with E-state index in [9.17, 15) is 0 Å². The van der Waals surface area contributed by atoms with E-state index in [1.54, 1.807) is 32.0 Å². The second kappa shape index (κ2) is 11.8. The van der Waals surface area contributed by atoms with Gasteiger partial charge in [0.15, 0.2) is 0 Å². The van der Waals surface area contributed by atoms with E-state index in [2.05, 4.69) is 49.3 Å². The van der Waals surface area contributed by atoms with E-state index in [1.165, 1.54) is 0 Å². The van der Waals surface area contributed by atoms with Crippen LogP contribution in [0.2, 0.25) is 39.3 Å². The summed E-state index contributed by atoms with van der Waals surface area (Å²) in [5, 5.41) is 0. The van der Waals surface area contributed by atoms with Gasteiger partial charge in [-0.3, -0.25) is 9.97 Å². The fourth-order valence-corrected chi connectivity index (χ4v) is 10.4. The SMILES string of the molecule is CO/C=C/c1ccc(-c2cnccn2)cc1.C[Si](C)(C)[N-][Si](C)(C)C.[Na+]. The summed E-state index contributed by atoms with van der Waals surface area (Å²) in [7, 11) is -0.582. The Balaban J connectivity index is 0.000000543. The predicted molar refractivity (Wildman–Crippen MR) is 114 cm³/mol. The van der Waals surface area contributed by atoms with Crippen molar-refractivity contribution in [3.63, 3.8) is 0 Å². The Morgan fingerprint density at radius 3 is 1.88 bits per heavy atom. The molecule has 2 aromatic rings. The van der Waals surface area contributed by atoms with Crippen LogP contribution in [-0.2, 0) is 4.74 Å². The summed E-state index contributed by atoms with van der Waals surface area (Å²) in [6.45, 7) is 13.8. The summed E-state index contributed by atoms with van der Waals surface area (Å²) in [5.41, 5.74) is 3.03. The number of benzene rings is 1. The number of ether oxygens (including phenoxy) is 1. The molecule has 1 aromatic heterocycles. The van der Waals surface area contributed by atoms with Crippen LogP contribution in [0.3, 0.4) is 0 Å². The van der Waals surface area contributed by atoms with Gasteiger partial charge in [0.25, 0.3) is 0 Å². The van der Waals surface area contributed by atoms with Crippen LogP contribution in [0.25, 0.3) is 22.0 Å². The van der Waals surface area contributed by atoms with Gasteiger partial charge in [0.05, 0.1) is 25.3 Å². The van der Waals surface area contributed by atoms with E-state index in [4.69, 9.17) is 9.38 Å². The normalized spacial score (nSPS) is 11.3. The molecule has 2 rings (SSSR count). The third kappa shape index (κ3) is 11.8. The molecule has 0 fully saturated rings. The van der Waals surface area contributed by atoms with Gasteiger partial charge >= 0.3 is 29.6 Å². The van der Waals surface area contributed by atoms with Crippen LogP contribution < -0.4 is 29.6 Å². The first-order valence-electron chi connectivity index (χ1n) is 8.40. The fourth-order valence-electron chi connectivity index (χ4n) is 2.37. The maximum atomic E-state index is 4.86. The van der Waals surface area contributed by atoms with Crippen LogP contribution in [0.5, 0.6) is 0 Å². The van der Waals surface area contributed by atoms with Crippen molar-refractivity contribution in [1.29, 1.82) is 0 Å². The quantitative estimate of drug-likeness (QED) is 0.578. The van der Waals surface area contributed by atoms with E-state index in [0.717, 1.165) is 16.8 Å². The molecule has 0 spiro atoms. The van der Waals surface area contributed by atoms with Crippen LogP contribution in [0.15, 0.2) is 49.1 Å². The Morgan fingerprint density at radius 2 is 1.50 bits per heavy atom. The summed E-state index contributed by atoms with van der Waals surface area (Å²) in [4.78, 5) is 8.27. The minimum Gasteiger partial charge on any atom is -0.668 e. The van der Waals surface area contributed by atoms with Crippen molar-refractivity contribution in [2.75, 3.05) is 7.11 Å².